The van der Waals surface area contributed by atoms with E-state index in [4.69, 9.17) is 0 Å². The molecule has 1 N–H and O–H groups in total. The summed E-state index contributed by atoms with van der Waals surface area (Å²) in [6.45, 7) is 4.16. The van der Waals surface area contributed by atoms with Crippen molar-refractivity contribution in [2.45, 2.75) is 46.0 Å². The zero-order valence-electron chi connectivity index (χ0n) is 11.1. The van der Waals surface area contributed by atoms with Gasteiger partial charge in [0.25, 0.3) is 0 Å². The van der Waals surface area contributed by atoms with Crippen LogP contribution in [-0.4, -0.2) is 5.91 Å². The second-order valence-corrected chi connectivity index (χ2v) is 6.23. The van der Waals surface area contributed by atoms with E-state index in [-0.39, 0.29) is 11.3 Å². The van der Waals surface area contributed by atoms with Crippen LogP contribution in [0.1, 0.15) is 44.6 Å². The molecule has 1 aliphatic rings. The Morgan fingerprint density at radius 2 is 2.00 bits per heavy atom. The highest BCUT2D eigenvalue weighted by molar-refractivity contribution is 9.10. The Labute approximate surface area is 117 Å². The molecule has 1 fully saturated rings. The maximum atomic E-state index is 12.5. The fraction of sp³-hybridized carbons (Fsp3) is 0.533. The molecular formula is C15H20BrNO. The van der Waals surface area contributed by atoms with E-state index in [9.17, 15) is 4.79 Å². The van der Waals surface area contributed by atoms with Gasteiger partial charge in [-0.2, -0.15) is 0 Å². The summed E-state index contributed by atoms with van der Waals surface area (Å²) < 4.78 is 1.01. The van der Waals surface area contributed by atoms with Gasteiger partial charge >= 0.3 is 0 Å². The summed E-state index contributed by atoms with van der Waals surface area (Å²) >= 11 is 3.47. The fourth-order valence-electron chi connectivity index (χ4n) is 2.87. The molecule has 98 valence electrons. The van der Waals surface area contributed by atoms with Gasteiger partial charge in [-0.1, -0.05) is 35.7 Å². The van der Waals surface area contributed by atoms with Crippen molar-refractivity contribution < 1.29 is 4.79 Å². The van der Waals surface area contributed by atoms with Crippen molar-refractivity contribution in [3.63, 3.8) is 0 Å². The summed E-state index contributed by atoms with van der Waals surface area (Å²) in [5, 5.41) is 3.09. The van der Waals surface area contributed by atoms with Gasteiger partial charge in [-0.3, -0.25) is 4.79 Å². The zero-order chi connectivity index (χ0) is 13.2. The van der Waals surface area contributed by atoms with Crippen LogP contribution in [0.25, 0.3) is 0 Å². The van der Waals surface area contributed by atoms with E-state index < -0.39 is 0 Å². The monoisotopic (exact) mass is 309 g/mol. The predicted molar refractivity (Wildman–Crippen MR) is 78.7 cm³/mol. The van der Waals surface area contributed by atoms with Crippen LogP contribution >= 0.6 is 15.9 Å². The number of rotatable bonds is 3. The van der Waals surface area contributed by atoms with Gasteiger partial charge in [0, 0.05) is 15.6 Å². The maximum absolute atomic E-state index is 12.5. The van der Waals surface area contributed by atoms with Crippen LogP contribution in [-0.2, 0) is 4.79 Å². The van der Waals surface area contributed by atoms with Crippen LogP contribution in [0.5, 0.6) is 0 Å². The zero-order valence-corrected chi connectivity index (χ0v) is 12.6. The van der Waals surface area contributed by atoms with Gasteiger partial charge in [-0.05, 0) is 49.9 Å². The van der Waals surface area contributed by atoms with Gasteiger partial charge in [-0.25, -0.2) is 0 Å². The first-order chi connectivity index (χ1) is 8.55. The van der Waals surface area contributed by atoms with Gasteiger partial charge in [0.1, 0.15) is 0 Å². The standard InChI is InChI=1S/C15H20BrNO/c1-3-15(6-4-5-7-15)14(18)17-13-9-11(2)8-12(16)10-13/h8-10H,3-7H2,1-2H3,(H,17,18). The number of benzene rings is 1. The van der Waals surface area contributed by atoms with Gasteiger partial charge in [0.15, 0.2) is 0 Å². The second kappa shape index (κ2) is 5.43. The summed E-state index contributed by atoms with van der Waals surface area (Å²) in [6.07, 6.45) is 5.36. The maximum Gasteiger partial charge on any atom is 0.230 e. The number of nitrogens with one attached hydrogen (secondary N) is 1. The molecule has 1 saturated carbocycles. The molecule has 0 spiro atoms. The van der Waals surface area contributed by atoms with Crippen LogP contribution in [0.15, 0.2) is 22.7 Å². The largest absolute Gasteiger partial charge is 0.326 e. The molecule has 0 radical (unpaired) electrons. The molecule has 2 rings (SSSR count). The lowest BCUT2D eigenvalue weighted by molar-refractivity contribution is -0.125. The van der Waals surface area contributed by atoms with Crippen molar-refractivity contribution in [2.24, 2.45) is 5.41 Å². The normalized spacial score (nSPS) is 17.7. The number of hydrogen-bond donors (Lipinski definition) is 1. The number of halogens is 1. The van der Waals surface area contributed by atoms with E-state index in [0.29, 0.717) is 0 Å². The van der Waals surface area contributed by atoms with Crippen LogP contribution in [0.2, 0.25) is 0 Å². The molecule has 18 heavy (non-hydrogen) atoms. The molecular weight excluding hydrogens is 290 g/mol. The molecule has 0 bridgehead atoms. The molecule has 0 aromatic heterocycles. The third-order valence-electron chi connectivity index (χ3n) is 4.02. The van der Waals surface area contributed by atoms with E-state index in [1.165, 1.54) is 12.8 Å². The van der Waals surface area contributed by atoms with Gasteiger partial charge in [0.2, 0.25) is 5.91 Å². The van der Waals surface area contributed by atoms with Crippen molar-refractivity contribution in [1.29, 1.82) is 0 Å². The van der Waals surface area contributed by atoms with Gasteiger partial charge in [0.05, 0.1) is 0 Å². The van der Waals surface area contributed by atoms with Crippen molar-refractivity contribution in [2.75, 3.05) is 5.32 Å². The first kappa shape index (κ1) is 13.6. The van der Waals surface area contributed by atoms with Crippen molar-refractivity contribution in [1.82, 2.24) is 0 Å². The Kier molecular flexibility index (Phi) is 4.10. The molecule has 0 unspecified atom stereocenters. The van der Waals surface area contributed by atoms with E-state index >= 15 is 0 Å². The van der Waals surface area contributed by atoms with Crippen LogP contribution < -0.4 is 5.32 Å². The number of carbonyl (C=O) groups excluding carboxylic acids is 1. The van der Waals surface area contributed by atoms with E-state index in [1.807, 2.05) is 25.1 Å². The highest BCUT2D eigenvalue weighted by atomic mass is 79.9. The molecule has 0 saturated heterocycles. The van der Waals surface area contributed by atoms with Crippen molar-refractivity contribution >= 4 is 27.5 Å². The molecule has 0 atom stereocenters. The molecule has 0 aliphatic heterocycles. The van der Waals surface area contributed by atoms with E-state index in [1.54, 1.807) is 0 Å². The summed E-state index contributed by atoms with van der Waals surface area (Å²) in [5.41, 5.74) is 1.92. The minimum Gasteiger partial charge on any atom is -0.326 e. The average Bonchev–Trinajstić information content (AvgIpc) is 2.77. The van der Waals surface area contributed by atoms with Crippen LogP contribution in [0.4, 0.5) is 5.69 Å². The quantitative estimate of drug-likeness (QED) is 0.864. The molecule has 1 aliphatic carbocycles. The molecule has 3 heteroatoms. The number of anilines is 1. The Morgan fingerprint density at radius 3 is 2.56 bits per heavy atom. The Balaban J connectivity index is 2.15. The minimum absolute atomic E-state index is 0.129. The molecule has 1 aromatic rings. The Morgan fingerprint density at radius 1 is 1.33 bits per heavy atom. The van der Waals surface area contributed by atoms with E-state index in [2.05, 4.69) is 28.2 Å². The van der Waals surface area contributed by atoms with Crippen molar-refractivity contribution in [3.8, 4) is 0 Å². The van der Waals surface area contributed by atoms with Gasteiger partial charge < -0.3 is 5.32 Å². The summed E-state index contributed by atoms with van der Waals surface area (Å²) in [4.78, 5) is 12.5. The van der Waals surface area contributed by atoms with Crippen molar-refractivity contribution in [3.05, 3.63) is 28.2 Å². The molecule has 1 amide bonds. The van der Waals surface area contributed by atoms with E-state index in [0.717, 1.165) is 35.0 Å². The first-order valence-corrected chi connectivity index (χ1v) is 7.44. The minimum atomic E-state index is -0.129. The number of aryl methyl sites for hydroxylation is 1. The summed E-state index contributed by atoms with van der Waals surface area (Å²) in [6, 6.07) is 6.02. The number of amides is 1. The highest BCUT2D eigenvalue weighted by Gasteiger charge is 2.39. The third kappa shape index (κ3) is 2.77. The Bertz CT molecular complexity index is 430. The first-order valence-electron chi connectivity index (χ1n) is 6.64. The lowest BCUT2D eigenvalue weighted by Gasteiger charge is -2.26. The topological polar surface area (TPSA) is 29.1 Å². The lowest BCUT2D eigenvalue weighted by atomic mass is 9.82. The van der Waals surface area contributed by atoms with Crippen LogP contribution in [0.3, 0.4) is 0 Å². The smallest absolute Gasteiger partial charge is 0.230 e. The summed E-state index contributed by atoms with van der Waals surface area (Å²) in [5.74, 6) is 0.194. The molecule has 0 heterocycles. The second-order valence-electron chi connectivity index (χ2n) is 5.31. The SMILES string of the molecule is CCC1(C(=O)Nc2cc(C)cc(Br)c2)CCCC1. The predicted octanol–water partition coefficient (Wildman–Crippen LogP) is 4.67. The number of carbonyl (C=O) groups is 1. The van der Waals surface area contributed by atoms with Crippen LogP contribution in [0, 0.1) is 12.3 Å². The van der Waals surface area contributed by atoms with Gasteiger partial charge in [-0.15, -0.1) is 0 Å². The Hall–Kier alpha value is -0.830. The molecule has 1 aromatic carbocycles. The molecule has 2 nitrogen and oxygen atoms in total. The highest BCUT2D eigenvalue weighted by Crippen LogP contribution is 2.41. The average molecular weight is 310 g/mol. The third-order valence-corrected chi connectivity index (χ3v) is 4.48. The fourth-order valence-corrected chi connectivity index (χ4v) is 3.47. The summed E-state index contributed by atoms with van der Waals surface area (Å²) in [7, 11) is 0. The lowest BCUT2D eigenvalue weighted by Crippen LogP contribution is -2.33. The number of hydrogen-bond acceptors (Lipinski definition) is 1.